The lowest BCUT2D eigenvalue weighted by molar-refractivity contribution is 0.653. The van der Waals surface area contributed by atoms with Crippen molar-refractivity contribution in [3.8, 4) is 0 Å². The number of hydrogen-bond donors (Lipinski definition) is 0. The van der Waals surface area contributed by atoms with Crippen LogP contribution in [0.4, 0.5) is 22.7 Å². The monoisotopic (exact) mass is 606 g/mol. The fraction of sp³-hybridized carbons (Fsp3) is 0.286. The summed E-state index contributed by atoms with van der Waals surface area (Å²) in [7, 11) is 0. The van der Waals surface area contributed by atoms with Gasteiger partial charge in [-0.15, -0.1) is 0 Å². The molecule has 0 spiro atoms. The van der Waals surface area contributed by atoms with E-state index in [9.17, 15) is 0 Å². The van der Waals surface area contributed by atoms with E-state index < -0.39 is 0 Å². The molecule has 4 nitrogen and oxygen atoms in total. The van der Waals surface area contributed by atoms with Gasteiger partial charge >= 0.3 is 0 Å². The predicted octanol–water partition coefficient (Wildman–Crippen LogP) is 7.91. The van der Waals surface area contributed by atoms with E-state index in [2.05, 4.69) is 153 Å². The summed E-state index contributed by atoms with van der Waals surface area (Å²) in [5.74, 6) is 0. The fourth-order valence-corrected chi connectivity index (χ4v) is 6.92. The first kappa shape index (κ1) is 30.0. The molecule has 0 atom stereocenters. The normalized spacial score (nSPS) is 15.3. The molecule has 5 aromatic rings. The lowest BCUT2D eigenvalue weighted by Crippen LogP contribution is -2.46. The largest absolute Gasteiger partial charge is 0.368 e. The van der Waals surface area contributed by atoms with Gasteiger partial charge in [0.25, 0.3) is 0 Å². The number of benzene rings is 5. The number of nitrogens with zero attached hydrogens (tertiary/aromatic N) is 4. The van der Waals surface area contributed by atoms with Crippen molar-refractivity contribution in [2.24, 2.45) is 0 Å². The first-order valence-corrected chi connectivity index (χ1v) is 17.1. The van der Waals surface area contributed by atoms with Crippen molar-refractivity contribution >= 4 is 22.7 Å². The lowest BCUT2D eigenvalue weighted by Gasteiger charge is -2.37. The highest BCUT2D eigenvalue weighted by molar-refractivity contribution is 5.53. The Balaban J connectivity index is 0.830. The molecule has 5 aromatic carbocycles. The number of rotatable bonds is 10. The van der Waals surface area contributed by atoms with Crippen LogP contribution in [0, 0.1) is 0 Å². The maximum atomic E-state index is 2.52. The van der Waals surface area contributed by atoms with Gasteiger partial charge in [0.15, 0.2) is 0 Å². The van der Waals surface area contributed by atoms with E-state index in [4.69, 9.17) is 0 Å². The van der Waals surface area contributed by atoms with Crippen LogP contribution in [0.5, 0.6) is 0 Å². The molecule has 7 rings (SSSR count). The molecule has 234 valence electrons. The number of para-hydroxylation sites is 2. The van der Waals surface area contributed by atoms with E-state index >= 15 is 0 Å². The third-order valence-electron chi connectivity index (χ3n) is 9.83. The van der Waals surface area contributed by atoms with Crippen molar-refractivity contribution in [2.45, 2.75) is 25.7 Å². The second kappa shape index (κ2) is 14.6. The molecule has 0 aromatic heterocycles. The summed E-state index contributed by atoms with van der Waals surface area (Å²) in [6.07, 6.45) is 4.32. The Morgan fingerprint density at radius 2 is 0.478 bits per heavy atom. The molecule has 46 heavy (non-hydrogen) atoms. The van der Waals surface area contributed by atoms with Gasteiger partial charge in [-0.25, -0.2) is 0 Å². The highest BCUT2D eigenvalue weighted by Crippen LogP contribution is 2.23. The lowest BCUT2D eigenvalue weighted by atomic mass is 10.00. The standard InChI is InChI=1S/C42H46N4/c1-3-7-39(8-4-1)43-27-31-45(32-28-43)41-23-19-37(20-24-41)17-15-35-11-13-36(14-12-35)16-18-38-21-25-42(26-22-38)46-33-29-44(30-34-46)40-9-5-2-6-10-40/h1-14,19-26H,15-18,27-34H2. The van der Waals surface area contributed by atoms with E-state index in [0.29, 0.717) is 0 Å². The van der Waals surface area contributed by atoms with Crippen LogP contribution in [0.2, 0.25) is 0 Å². The van der Waals surface area contributed by atoms with Crippen LogP contribution in [0.15, 0.2) is 133 Å². The van der Waals surface area contributed by atoms with Gasteiger partial charge in [-0.3, -0.25) is 0 Å². The van der Waals surface area contributed by atoms with Gasteiger partial charge in [-0.1, -0.05) is 84.9 Å². The zero-order chi connectivity index (χ0) is 31.0. The zero-order valence-electron chi connectivity index (χ0n) is 27.0. The highest BCUT2D eigenvalue weighted by Gasteiger charge is 2.18. The van der Waals surface area contributed by atoms with Crippen molar-refractivity contribution in [1.29, 1.82) is 0 Å². The Labute approximate surface area is 275 Å². The molecule has 2 fully saturated rings. The van der Waals surface area contributed by atoms with E-state index in [-0.39, 0.29) is 0 Å². The van der Waals surface area contributed by atoms with E-state index in [1.165, 1.54) is 45.0 Å². The van der Waals surface area contributed by atoms with Crippen LogP contribution < -0.4 is 19.6 Å². The quantitative estimate of drug-likeness (QED) is 0.160. The summed E-state index contributed by atoms with van der Waals surface area (Å²) >= 11 is 0. The first-order chi connectivity index (χ1) is 22.8. The first-order valence-electron chi connectivity index (χ1n) is 17.1. The molecule has 0 unspecified atom stereocenters. The van der Waals surface area contributed by atoms with Crippen LogP contribution in [0.3, 0.4) is 0 Å². The van der Waals surface area contributed by atoms with Crippen molar-refractivity contribution in [3.63, 3.8) is 0 Å². The van der Waals surface area contributed by atoms with Gasteiger partial charge in [0, 0.05) is 75.1 Å². The van der Waals surface area contributed by atoms with Gasteiger partial charge in [-0.05, 0) is 96.5 Å². The molecule has 2 heterocycles. The highest BCUT2D eigenvalue weighted by atomic mass is 15.3. The van der Waals surface area contributed by atoms with Crippen molar-refractivity contribution in [1.82, 2.24) is 0 Å². The summed E-state index contributed by atoms with van der Waals surface area (Å²) in [5.41, 5.74) is 11.0. The second-order valence-corrected chi connectivity index (χ2v) is 12.8. The van der Waals surface area contributed by atoms with E-state index in [0.717, 1.165) is 78.0 Å². The van der Waals surface area contributed by atoms with Crippen molar-refractivity contribution in [2.75, 3.05) is 72.0 Å². The van der Waals surface area contributed by atoms with Gasteiger partial charge in [0.2, 0.25) is 0 Å². The molecule has 0 amide bonds. The molecule has 0 bridgehead atoms. The van der Waals surface area contributed by atoms with Crippen molar-refractivity contribution < 1.29 is 0 Å². The molecule has 0 aliphatic carbocycles. The Morgan fingerprint density at radius 1 is 0.261 bits per heavy atom. The van der Waals surface area contributed by atoms with Gasteiger partial charge < -0.3 is 19.6 Å². The van der Waals surface area contributed by atoms with Gasteiger partial charge in [0.1, 0.15) is 0 Å². The SMILES string of the molecule is c1ccc(N2CCN(c3ccc(CCc4ccc(CCc5ccc(N6CCN(c7ccccc7)CC6)cc5)cc4)cc3)CC2)cc1. The minimum atomic E-state index is 1.07. The molecular weight excluding hydrogens is 560 g/mol. The molecule has 2 saturated heterocycles. The van der Waals surface area contributed by atoms with Crippen LogP contribution >= 0.6 is 0 Å². The zero-order valence-corrected chi connectivity index (χ0v) is 27.0. The van der Waals surface area contributed by atoms with Gasteiger partial charge in [-0.2, -0.15) is 0 Å². The summed E-state index contributed by atoms with van der Waals surface area (Å²) in [6.45, 7) is 8.56. The van der Waals surface area contributed by atoms with Crippen molar-refractivity contribution in [3.05, 3.63) is 156 Å². The number of anilines is 4. The molecular formula is C42H46N4. The van der Waals surface area contributed by atoms with Crippen LogP contribution in [-0.4, -0.2) is 52.4 Å². The summed E-state index contributed by atoms with van der Waals surface area (Å²) in [4.78, 5) is 10.0. The Hall–Kier alpha value is -4.70. The molecule has 4 heteroatoms. The summed E-state index contributed by atoms with van der Waals surface area (Å²) in [5, 5.41) is 0. The molecule has 2 aliphatic rings. The second-order valence-electron chi connectivity index (χ2n) is 12.8. The van der Waals surface area contributed by atoms with E-state index in [1.54, 1.807) is 0 Å². The predicted molar refractivity (Wildman–Crippen MR) is 196 cm³/mol. The third kappa shape index (κ3) is 7.56. The number of aryl methyl sites for hydroxylation is 4. The molecule has 0 saturated carbocycles. The molecule has 0 N–H and O–H groups in total. The Bertz CT molecular complexity index is 1490. The minimum Gasteiger partial charge on any atom is -0.368 e. The Kier molecular flexibility index (Phi) is 9.51. The van der Waals surface area contributed by atoms with E-state index in [1.807, 2.05) is 0 Å². The Morgan fingerprint density at radius 3 is 0.739 bits per heavy atom. The van der Waals surface area contributed by atoms with Crippen LogP contribution in [0.25, 0.3) is 0 Å². The fourth-order valence-electron chi connectivity index (χ4n) is 6.92. The smallest absolute Gasteiger partial charge is 0.0367 e. The van der Waals surface area contributed by atoms with Gasteiger partial charge in [0.05, 0.1) is 0 Å². The minimum absolute atomic E-state index is 1.07. The maximum absolute atomic E-state index is 2.52. The molecule has 0 radical (unpaired) electrons. The molecule has 2 aliphatic heterocycles. The summed E-state index contributed by atoms with van der Waals surface area (Å²) in [6, 6.07) is 49.4. The average Bonchev–Trinajstić information content (AvgIpc) is 3.15. The summed E-state index contributed by atoms with van der Waals surface area (Å²) < 4.78 is 0. The third-order valence-corrected chi connectivity index (χ3v) is 9.83. The van der Waals surface area contributed by atoms with Crippen LogP contribution in [0.1, 0.15) is 22.3 Å². The number of piperazine rings is 2. The number of hydrogen-bond acceptors (Lipinski definition) is 4. The topological polar surface area (TPSA) is 13.0 Å². The van der Waals surface area contributed by atoms with Crippen LogP contribution in [-0.2, 0) is 25.7 Å². The average molecular weight is 607 g/mol. The maximum Gasteiger partial charge on any atom is 0.0367 e.